The number of unbranched alkanes of at least 4 members (excludes halogenated alkanes) is 2. The van der Waals surface area contributed by atoms with E-state index in [2.05, 4.69) is 68.7 Å². The van der Waals surface area contributed by atoms with Gasteiger partial charge >= 0.3 is 0 Å². The Morgan fingerprint density at radius 3 is 2.34 bits per heavy atom. The van der Waals surface area contributed by atoms with Crippen LogP contribution >= 0.6 is 0 Å². The molecule has 2 aliphatic rings. The van der Waals surface area contributed by atoms with Gasteiger partial charge in [0, 0.05) is 43.5 Å². The molecule has 3 nitrogen and oxygen atoms in total. The fraction of sp³-hybridized carbons (Fsp3) is 0.692. The molecule has 0 saturated carbocycles. The number of allylic oxidation sites excluding steroid dienone is 2. The summed E-state index contributed by atoms with van der Waals surface area (Å²) in [5.41, 5.74) is 4.85. The Hall–Kier alpha value is -1.48. The second-order valence-electron chi connectivity index (χ2n) is 10.6. The third-order valence-electron chi connectivity index (χ3n) is 6.51. The monoisotopic (exact) mass is 398 g/mol. The third-order valence-corrected chi connectivity index (χ3v) is 6.51. The van der Waals surface area contributed by atoms with Crippen LogP contribution in [0.5, 0.6) is 5.75 Å². The second kappa shape index (κ2) is 9.12. The van der Waals surface area contributed by atoms with Gasteiger partial charge in [0.15, 0.2) is 0 Å². The molecule has 0 atom stereocenters. The molecule has 1 aliphatic heterocycles. The van der Waals surface area contributed by atoms with Crippen LogP contribution in [0.1, 0.15) is 72.3 Å². The van der Waals surface area contributed by atoms with Crippen molar-refractivity contribution in [1.29, 1.82) is 0 Å². The lowest BCUT2D eigenvalue weighted by Gasteiger charge is -2.41. The van der Waals surface area contributed by atoms with Crippen molar-refractivity contribution in [3.05, 3.63) is 29.8 Å². The Morgan fingerprint density at radius 1 is 1.00 bits per heavy atom. The molecule has 1 saturated heterocycles. The van der Waals surface area contributed by atoms with E-state index in [4.69, 9.17) is 4.74 Å². The molecule has 1 aromatic carbocycles. The zero-order valence-corrected chi connectivity index (χ0v) is 19.7. The minimum Gasteiger partial charge on any atom is -0.497 e. The normalized spacial score (nSPS) is 21.7. The predicted octanol–water partition coefficient (Wildman–Crippen LogP) is 6.24. The SMILES string of the molecule is CCCCCN1CCN(c2cc(OC)ccc2C2=CC(C)(C)CC(C)(C)C2)CC1. The summed E-state index contributed by atoms with van der Waals surface area (Å²) in [7, 11) is 1.77. The van der Waals surface area contributed by atoms with E-state index in [1.165, 1.54) is 49.1 Å². The molecule has 1 fully saturated rings. The van der Waals surface area contributed by atoms with E-state index in [-0.39, 0.29) is 5.41 Å². The van der Waals surface area contributed by atoms with Gasteiger partial charge in [-0.2, -0.15) is 0 Å². The molecule has 0 aromatic heterocycles. The standard InChI is InChI=1S/C26H42N2O/c1-7-8-9-12-27-13-15-28(16-14-27)24-17-22(29-6)10-11-23(24)21-18-25(2,3)20-26(4,5)19-21/h10-11,17-18H,7-9,12-16,19-20H2,1-6H3. The number of benzene rings is 1. The quantitative estimate of drug-likeness (QED) is 0.506. The van der Waals surface area contributed by atoms with Gasteiger partial charge in [-0.25, -0.2) is 0 Å². The zero-order chi connectivity index (χ0) is 21.1. The van der Waals surface area contributed by atoms with Gasteiger partial charge in [-0.05, 0) is 54.3 Å². The molecule has 0 radical (unpaired) electrons. The van der Waals surface area contributed by atoms with Gasteiger partial charge in [0.25, 0.3) is 0 Å². The smallest absolute Gasteiger partial charge is 0.120 e. The topological polar surface area (TPSA) is 15.7 Å². The van der Waals surface area contributed by atoms with Crippen LogP contribution in [-0.4, -0.2) is 44.7 Å². The van der Waals surface area contributed by atoms with Gasteiger partial charge < -0.3 is 9.64 Å². The molecule has 0 amide bonds. The van der Waals surface area contributed by atoms with Gasteiger partial charge in [-0.3, -0.25) is 4.90 Å². The van der Waals surface area contributed by atoms with Crippen molar-refractivity contribution in [2.24, 2.45) is 10.8 Å². The highest BCUT2D eigenvalue weighted by Crippen LogP contribution is 2.49. The van der Waals surface area contributed by atoms with Crippen LogP contribution in [0.2, 0.25) is 0 Å². The van der Waals surface area contributed by atoms with E-state index in [1.54, 1.807) is 7.11 Å². The van der Waals surface area contributed by atoms with Crippen LogP contribution in [0.4, 0.5) is 5.69 Å². The van der Waals surface area contributed by atoms with Crippen molar-refractivity contribution >= 4 is 11.3 Å². The van der Waals surface area contributed by atoms with E-state index in [0.717, 1.165) is 38.3 Å². The summed E-state index contributed by atoms with van der Waals surface area (Å²) < 4.78 is 5.60. The summed E-state index contributed by atoms with van der Waals surface area (Å²) in [6.45, 7) is 17.7. The van der Waals surface area contributed by atoms with Gasteiger partial charge in [-0.15, -0.1) is 0 Å². The highest BCUT2D eigenvalue weighted by molar-refractivity contribution is 5.79. The van der Waals surface area contributed by atoms with Crippen molar-refractivity contribution in [2.75, 3.05) is 44.7 Å². The van der Waals surface area contributed by atoms with Gasteiger partial charge in [0.05, 0.1) is 7.11 Å². The summed E-state index contributed by atoms with van der Waals surface area (Å²) in [4.78, 5) is 5.22. The van der Waals surface area contributed by atoms with Crippen LogP contribution in [0.3, 0.4) is 0 Å². The van der Waals surface area contributed by atoms with E-state index < -0.39 is 0 Å². The minimum atomic E-state index is 0.242. The maximum Gasteiger partial charge on any atom is 0.120 e. The first-order valence-electron chi connectivity index (χ1n) is 11.6. The molecule has 162 valence electrons. The van der Waals surface area contributed by atoms with Crippen LogP contribution in [0.15, 0.2) is 24.3 Å². The van der Waals surface area contributed by atoms with Crippen LogP contribution in [0, 0.1) is 10.8 Å². The molecule has 29 heavy (non-hydrogen) atoms. The van der Waals surface area contributed by atoms with Crippen LogP contribution in [0.25, 0.3) is 5.57 Å². The molecule has 0 unspecified atom stereocenters. The van der Waals surface area contributed by atoms with Crippen molar-refractivity contribution in [2.45, 2.75) is 66.7 Å². The summed E-state index contributed by atoms with van der Waals surface area (Å²) in [6.07, 6.45) is 8.90. The molecule has 1 aromatic rings. The van der Waals surface area contributed by atoms with E-state index >= 15 is 0 Å². The fourth-order valence-electron chi connectivity index (χ4n) is 5.53. The summed E-state index contributed by atoms with van der Waals surface area (Å²) in [5, 5.41) is 0. The Kier molecular flexibility index (Phi) is 6.98. The maximum absolute atomic E-state index is 5.60. The molecule has 0 N–H and O–H groups in total. The lowest BCUT2D eigenvalue weighted by Crippen LogP contribution is -2.47. The first-order valence-corrected chi connectivity index (χ1v) is 11.6. The van der Waals surface area contributed by atoms with Crippen LogP contribution < -0.4 is 9.64 Å². The van der Waals surface area contributed by atoms with Gasteiger partial charge in [0.1, 0.15) is 5.75 Å². The Bertz CT molecular complexity index is 711. The number of hydrogen-bond donors (Lipinski definition) is 0. The molecule has 0 bridgehead atoms. The minimum absolute atomic E-state index is 0.242. The highest BCUT2D eigenvalue weighted by Gasteiger charge is 2.34. The molecular weight excluding hydrogens is 356 g/mol. The summed E-state index contributed by atoms with van der Waals surface area (Å²) in [6, 6.07) is 6.69. The average molecular weight is 399 g/mol. The summed E-state index contributed by atoms with van der Waals surface area (Å²) in [5.74, 6) is 0.962. The lowest BCUT2D eigenvalue weighted by atomic mass is 9.65. The number of piperazine rings is 1. The third kappa shape index (κ3) is 5.78. The van der Waals surface area contributed by atoms with Crippen molar-refractivity contribution in [3.63, 3.8) is 0 Å². The van der Waals surface area contributed by atoms with E-state index in [1.807, 2.05) is 0 Å². The predicted molar refractivity (Wildman–Crippen MR) is 126 cm³/mol. The molecule has 3 heteroatoms. The summed E-state index contributed by atoms with van der Waals surface area (Å²) >= 11 is 0. The Morgan fingerprint density at radius 2 is 1.72 bits per heavy atom. The molecule has 1 heterocycles. The number of rotatable bonds is 7. The number of nitrogens with zero attached hydrogens (tertiary/aromatic N) is 2. The van der Waals surface area contributed by atoms with Crippen molar-refractivity contribution in [1.82, 2.24) is 4.90 Å². The fourth-order valence-corrected chi connectivity index (χ4v) is 5.53. The van der Waals surface area contributed by atoms with Crippen molar-refractivity contribution in [3.8, 4) is 5.75 Å². The second-order valence-corrected chi connectivity index (χ2v) is 10.6. The molecule has 3 rings (SSSR count). The lowest BCUT2D eigenvalue weighted by molar-refractivity contribution is 0.228. The first-order chi connectivity index (χ1) is 13.7. The highest BCUT2D eigenvalue weighted by atomic mass is 16.5. The molecular formula is C26H42N2O. The Balaban J connectivity index is 1.83. The van der Waals surface area contributed by atoms with Gasteiger partial charge in [0.2, 0.25) is 0 Å². The molecule has 1 aliphatic carbocycles. The molecule has 0 spiro atoms. The zero-order valence-electron chi connectivity index (χ0n) is 19.7. The van der Waals surface area contributed by atoms with Gasteiger partial charge in [-0.1, -0.05) is 53.5 Å². The number of ether oxygens (including phenoxy) is 1. The van der Waals surface area contributed by atoms with Crippen molar-refractivity contribution < 1.29 is 4.74 Å². The largest absolute Gasteiger partial charge is 0.497 e. The Labute approximate surface area is 179 Å². The number of hydrogen-bond acceptors (Lipinski definition) is 3. The van der Waals surface area contributed by atoms with E-state index in [0.29, 0.717) is 5.41 Å². The number of methoxy groups -OCH3 is 1. The average Bonchev–Trinajstić information content (AvgIpc) is 2.66. The maximum atomic E-state index is 5.60. The van der Waals surface area contributed by atoms with Crippen LogP contribution in [-0.2, 0) is 0 Å². The first kappa shape index (κ1) is 22.2. The number of anilines is 1. The van der Waals surface area contributed by atoms with E-state index in [9.17, 15) is 0 Å².